The van der Waals surface area contributed by atoms with E-state index in [9.17, 15) is 21.6 Å². The second-order valence-electron chi connectivity index (χ2n) is 8.75. The van der Waals surface area contributed by atoms with Gasteiger partial charge in [-0.25, -0.2) is 21.6 Å². The highest BCUT2D eigenvalue weighted by atomic mass is 32.2. The Balaban J connectivity index is 1.50. The monoisotopic (exact) mass is 554 g/mol. The van der Waals surface area contributed by atoms with Crippen LogP contribution in [0.4, 0.5) is 17.3 Å². The maximum Gasteiger partial charge on any atom is 0.264 e. The molecule has 0 radical (unpaired) electrons. The average Bonchev–Trinajstić information content (AvgIpc) is 3.17. The Bertz CT molecular complexity index is 1710. The van der Waals surface area contributed by atoms with Crippen molar-refractivity contribution in [2.45, 2.75) is 37.5 Å². The second-order valence-corrected chi connectivity index (χ2v) is 12.1. The lowest BCUT2D eigenvalue weighted by atomic mass is 10.1. The van der Waals surface area contributed by atoms with E-state index in [4.69, 9.17) is 4.52 Å². The Morgan fingerprint density at radius 1 is 0.737 bits per heavy atom. The molecule has 0 unspecified atom stereocenters. The third-order valence-electron chi connectivity index (χ3n) is 5.87. The summed E-state index contributed by atoms with van der Waals surface area (Å²) in [5.41, 5.74) is 3.59. The molecule has 0 saturated heterocycles. The molecule has 38 heavy (non-hydrogen) atoms. The average molecular weight is 555 g/mol. The quantitative estimate of drug-likeness (QED) is 0.284. The molecule has 4 aromatic rings. The maximum atomic E-state index is 13.0. The van der Waals surface area contributed by atoms with Gasteiger partial charge < -0.3 is 9.84 Å². The summed E-state index contributed by atoms with van der Waals surface area (Å²) in [5.74, 6) is -0.515. The predicted molar refractivity (Wildman–Crippen MR) is 144 cm³/mol. The van der Waals surface area contributed by atoms with Crippen LogP contribution in [0.3, 0.4) is 0 Å². The number of benzene rings is 3. The highest BCUT2D eigenvalue weighted by Crippen LogP contribution is 2.24. The molecule has 0 aliphatic rings. The van der Waals surface area contributed by atoms with Crippen molar-refractivity contribution in [2.24, 2.45) is 0 Å². The fourth-order valence-electron chi connectivity index (χ4n) is 3.46. The molecule has 0 aliphatic carbocycles. The minimum Gasteiger partial charge on any atom is -0.337 e. The first-order valence-corrected chi connectivity index (χ1v) is 14.4. The molecule has 1 amide bonds. The van der Waals surface area contributed by atoms with Crippen LogP contribution in [0.2, 0.25) is 0 Å². The molecule has 198 valence electrons. The lowest BCUT2D eigenvalue weighted by Crippen LogP contribution is -2.17. The Hall–Kier alpha value is -4.16. The van der Waals surface area contributed by atoms with E-state index in [0.717, 1.165) is 5.56 Å². The molecule has 0 atom stereocenters. The number of amides is 1. The van der Waals surface area contributed by atoms with Gasteiger partial charge >= 0.3 is 0 Å². The fraction of sp³-hybridized carbons (Fsp3) is 0.154. The molecule has 4 rings (SSSR count). The van der Waals surface area contributed by atoms with Gasteiger partial charge in [0.1, 0.15) is 0 Å². The molecule has 3 N–H and O–H groups in total. The van der Waals surface area contributed by atoms with Gasteiger partial charge in [0.15, 0.2) is 0 Å². The van der Waals surface area contributed by atoms with E-state index in [1.54, 1.807) is 51.1 Å². The van der Waals surface area contributed by atoms with Crippen molar-refractivity contribution >= 4 is 43.2 Å². The van der Waals surface area contributed by atoms with Crippen LogP contribution in [0.15, 0.2) is 81.0 Å². The zero-order valence-corrected chi connectivity index (χ0v) is 22.7. The molecule has 0 fully saturated rings. The SMILES string of the molecule is Cc1ccc(NS(=O)(=O)c2ccc(C)c(C(=O)Nc3ccc(S(=O)(=O)Nc4onc(C)c4C)cc3)c2)cc1. The Kier molecular flexibility index (Phi) is 7.29. The van der Waals surface area contributed by atoms with Crippen molar-refractivity contribution in [2.75, 3.05) is 14.8 Å². The Morgan fingerprint density at radius 2 is 1.32 bits per heavy atom. The number of aryl methyl sites for hydroxylation is 3. The van der Waals surface area contributed by atoms with Gasteiger partial charge in [0.25, 0.3) is 26.0 Å². The first-order chi connectivity index (χ1) is 17.9. The molecule has 1 heterocycles. The van der Waals surface area contributed by atoms with Crippen LogP contribution in [0.5, 0.6) is 0 Å². The van der Waals surface area contributed by atoms with Gasteiger partial charge in [-0.3, -0.25) is 9.52 Å². The van der Waals surface area contributed by atoms with Crippen molar-refractivity contribution in [3.8, 4) is 0 Å². The Labute approximate surface area is 221 Å². The molecule has 3 aromatic carbocycles. The molecule has 0 spiro atoms. The van der Waals surface area contributed by atoms with E-state index in [1.807, 2.05) is 6.92 Å². The topological polar surface area (TPSA) is 147 Å². The zero-order chi connectivity index (χ0) is 27.7. The number of carbonyl (C=O) groups excluding carboxylic acids is 1. The summed E-state index contributed by atoms with van der Waals surface area (Å²) in [7, 11) is -7.88. The van der Waals surface area contributed by atoms with Gasteiger partial charge in [-0.1, -0.05) is 28.9 Å². The third kappa shape index (κ3) is 5.87. The van der Waals surface area contributed by atoms with E-state index in [1.165, 1.54) is 36.4 Å². The van der Waals surface area contributed by atoms with Crippen molar-refractivity contribution in [3.63, 3.8) is 0 Å². The van der Waals surface area contributed by atoms with Crippen LogP contribution < -0.4 is 14.8 Å². The number of aromatic nitrogens is 1. The number of hydrogen-bond donors (Lipinski definition) is 3. The van der Waals surface area contributed by atoms with Crippen molar-refractivity contribution in [1.29, 1.82) is 0 Å². The van der Waals surface area contributed by atoms with Gasteiger partial charge in [0.2, 0.25) is 5.88 Å². The third-order valence-corrected chi connectivity index (χ3v) is 8.60. The minimum atomic E-state index is -3.95. The van der Waals surface area contributed by atoms with Gasteiger partial charge in [0, 0.05) is 22.5 Å². The van der Waals surface area contributed by atoms with Gasteiger partial charge in [0.05, 0.1) is 15.5 Å². The molecule has 0 bridgehead atoms. The Morgan fingerprint density at radius 3 is 1.92 bits per heavy atom. The smallest absolute Gasteiger partial charge is 0.264 e. The number of sulfonamides is 2. The summed E-state index contributed by atoms with van der Waals surface area (Å²) in [6.45, 7) is 6.96. The lowest BCUT2D eigenvalue weighted by molar-refractivity contribution is 0.102. The van der Waals surface area contributed by atoms with E-state index < -0.39 is 26.0 Å². The molecule has 10 nitrogen and oxygen atoms in total. The van der Waals surface area contributed by atoms with E-state index in [0.29, 0.717) is 28.2 Å². The second kappa shape index (κ2) is 10.3. The van der Waals surface area contributed by atoms with Crippen LogP contribution in [0, 0.1) is 27.7 Å². The zero-order valence-electron chi connectivity index (χ0n) is 21.1. The molecule has 1 aromatic heterocycles. The molecule has 0 saturated carbocycles. The summed E-state index contributed by atoms with van der Waals surface area (Å²) in [6, 6.07) is 16.7. The van der Waals surface area contributed by atoms with Crippen LogP contribution in [0.1, 0.15) is 32.7 Å². The first-order valence-electron chi connectivity index (χ1n) is 11.4. The van der Waals surface area contributed by atoms with Gasteiger partial charge in [-0.05, 0) is 81.8 Å². The largest absolute Gasteiger partial charge is 0.337 e. The first kappa shape index (κ1) is 26.9. The van der Waals surface area contributed by atoms with Crippen LogP contribution >= 0.6 is 0 Å². The molecule has 12 heteroatoms. The summed E-state index contributed by atoms with van der Waals surface area (Å²) < 4.78 is 61.1. The normalized spacial score (nSPS) is 11.7. The highest BCUT2D eigenvalue weighted by molar-refractivity contribution is 7.93. The molecule has 0 aliphatic heterocycles. The lowest BCUT2D eigenvalue weighted by Gasteiger charge is -2.12. The van der Waals surface area contributed by atoms with E-state index in [-0.39, 0.29) is 21.2 Å². The van der Waals surface area contributed by atoms with E-state index >= 15 is 0 Å². The predicted octanol–water partition coefficient (Wildman–Crippen LogP) is 4.76. The van der Waals surface area contributed by atoms with Crippen LogP contribution in [-0.2, 0) is 20.0 Å². The van der Waals surface area contributed by atoms with E-state index in [2.05, 4.69) is 19.9 Å². The fourth-order valence-corrected chi connectivity index (χ4v) is 5.59. The number of nitrogens with zero attached hydrogens (tertiary/aromatic N) is 1. The van der Waals surface area contributed by atoms with Crippen molar-refractivity contribution < 1.29 is 26.2 Å². The molecular formula is C26H26N4O6S2. The number of anilines is 3. The van der Waals surface area contributed by atoms with Gasteiger partial charge in [-0.2, -0.15) is 0 Å². The van der Waals surface area contributed by atoms with Crippen molar-refractivity contribution in [1.82, 2.24) is 5.16 Å². The van der Waals surface area contributed by atoms with Gasteiger partial charge in [-0.15, -0.1) is 0 Å². The summed E-state index contributed by atoms with van der Waals surface area (Å²) in [5, 5.41) is 6.41. The summed E-state index contributed by atoms with van der Waals surface area (Å²) in [4.78, 5) is 12.9. The standard InChI is InChI=1S/C26H26N4O6S2/c1-16-5-8-21(9-6-16)29-38(34,35)23-12-7-17(2)24(15-23)25(31)27-20-10-13-22(14-11-20)37(32,33)30-26-18(3)19(4)28-36-26/h5-15,29-30H,1-4H3,(H,27,31). The number of hydrogen-bond acceptors (Lipinski definition) is 7. The van der Waals surface area contributed by atoms with Crippen LogP contribution in [-0.4, -0.2) is 27.9 Å². The van der Waals surface area contributed by atoms with Crippen molar-refractivity contribution in [3.05, 3.63) is 94.7 Å². The minimum absolute atomic E-state index is 0.0297. The van der Waals surface area contributed by atoms with Crippen LogP contribution in [0.25, 0.3) is 0 Å². The number of rotatable bonds is 8. The number of carbonyl (C=O) groups is 1. The molecular weight excluding hydrogens is 528 g/mol. The highest BCUT2D eigenvalue weighted by Gasteiger charge is 2.21. The maximum absolute atomic E-state index is 13.0. The summed E-state index contributed by atoms with van der Waals surface area (Å²) in [6.07, 6.45) is 0. The summed E-state index contributed by atoms with van der Waals surface area (Å²) >= 11 is 0. The number of nitrogens with one attached hydrogen (secondary N) is 3.